The highest BCUT2D eigenvalue weighted by atomic mass is 16.5. The van der Waals surface area contributed by atoms with Crippen molar-refractivity contribution in [2.24, 2.45) is 0 Å². The first-order valence-electron chi connectivity index (χ1n) is 14.0. The molecule has 0 amide bonds. The molecule has 0 unspecified atom stereocenters. The first kappa shape index (κ1) is 30.4. The number of hydrogen-bond donors (Lipinski definition) is 2. The van der Waals surface area contributed by atoms with E-state index in [1.165, 1.54) is 24.3 Å². The maximum atomic E-state index is 12.7. The van der Waals surface area contributed by atoms with Crippen LogP contribution in [0.5, 0.6) is 23.0 Å². The summed E-state index contributed by atoms with van der Waals surface area (Å²) in [5, 5.41) is 20.3. The van der Waals surface area contributed by atoms with Gasteiger partial charge in [-0.2, -0.15) is 0 Å². The van der Waals surface area contributed by atoms with Crippen molar-refractivity contribution in [1.29, 1.82) is 0 Å². The van der Waals surface area contributed by atoms with E-state index < -0.39 is 5.97 Å². The van der Waals surface area contributed by atoms with Crippen LogP contribution in [0.3, 0.4) is 0 Å². The van der Waals surface area contributed by atoms with Gasteiger partial charge in [0, 0.05) is 6.42 Å². The predicted molar refractivity (Wildman–Crippen MR) is 164 cm³/mol. The van der Waals surface area contributed by atoms with Crippen molar-refractivity contribution in [3.8, 4) is 34.1 Å². The summed E-state index contributed by atoms with van der Waals surface area (Å²) in [6, 6.07) is 24.2. The Labute approximate surface area is 247 Å². The van der Waals surface area contributed by atoms with Gasteiger partial charge in [-0.1, -0.05) is 77.9 Å². The maximum Gasteiger partial charge on any atom is 0.343 e. The zero-order chi connectivity index (χ0) is 30.7. The molecule has 0 aliphatic carbocycles. The number of ether oxygens (including phenoxy) is 2. The molecule has 6 nitrogen and oxygen atoms in total. The second-order valence-electron chi connectivity index (χ2n) is 12.5. The number of esters is 2. The third-order valence-electron chi connectivity index (χ3n) is 6.99. The monoisotopic (exact) mass is 566 g/mol. The summed E-state index contributed by atoms with van der Waals surface area (Å²) in [7, 11) is 0. The molecule has 0 radical (unpaired) electrons. The topological polar surface area (TPSA) is 93.1 Å². The van der Waals surface area contributed by atoms with E-state index in [4.69, 9.17) is 9.47 Å². The van der Waals surface area contributed by atoms with E-state index in [2.05, 4.69) is 41.5 Å². The molecule has 0 spiro atoms. The Morgan fingerprint density at radius 1 is 0.643 bits per heavy atom. The van der Waals surface area contributed by atoms with Crippen molar-refractivity contribution in [3.05, 3.63) is 107 Å². The molecule has 0 atom stereocenters. The lowest BCUT2D eigenvalue weighted by Crippen LogP contribution is -2.18. The summed E-state index contributed by atoms with van der Waals surface area (Å²) < 4.78 is 11.0. The largest absolute Gasteiger partial charge is 0.508 e. The van der Waals surface area contributed by atoms with Crippen molar-refractivity contribution in [3.63, 3.8) is 0 Å². The Balaban J connectivity index is 1.36. The Kier molecular flexibility index (Phi) is 8.76. The highest BCUT2D eigenvalue weighted by Crippen LogP contribution is 2.40. The summed E-state index contributed by atoms with van der Waals surface area (Å²) in [5.74, 6) is 0.426. The van der Waals surface area contributed by atoms with Crippen LogP contribution in [0.4, 0.5) is 0 Å². The van der Waals surface area contributed by atoms with Crippen LogP contribution in [0, 0.1) is 0 Å². The van der Waals surface area contributed by atoms with Crippen LogP contribution in [0.1, 0.15) is 75.0 Å². The van der Waals surface area contributed by atoms with Crippen LogP contribution < -0.4 is 9.47 Å². The second kappa shape index (κ2) is 12.1. The molecule has 42 heavy (non-hydrogen) atoms. The Hall–Kier alpha value is -4.58. The van der Waals surface area contributed by atoms with E-state index in [1.54, 1.807) is 24.3 Å². The number of benzene rings is 4. The van der Waals surface area contributed by atoms with Gasteiger partial charge in [-0.25, -0.2) is 4.79 Å². The summed E-state index contributed by atoms with van der Waals surface area (Å²) in [4.78, 5) is 25.0. The fourth-order valence-electron chi connectivity index (χ4n) is 4.61. The van der Waals surface area contributed by atoms with E-state index >= 15 is 0 Å². The fourth-order valence-corrected chi connectivity index (χ4v) is 4.61. The van der Waals surface area contributed by atoms with Gasteiger partial charge in [-0.05, 0) is 93.6 Å². The summed E-state index contributed by atoms with van der Waals surface area (Å²) in [5.41, 5.74) is 4.44. The zero-order valence-electron chi connectivity index (χ0n) is 25.0. The minimum atomic E-state index is -0.511. The van der Waals surface area contributed by atoms with Crippen LogP contribution in [0.2, 0.25) is 0 Å². The van der Waals surface area contributed by atoms with E-state index in [9.17, 15) is 19.8 Å². The van der Waals surface area contributed by atoms with Gasteiger partial charge >= 0.3 is 11.9 Å². The quantitative estimate of drug-likeness (QED) is 0.173. The number of carbonyl (C=O) groups excluding carboxylic acids is 2. The lowest BCUT2D eigenvalue weighted by molar-refractivity contribution is -0.134. The highest BCUT2D eigenvalue weighted by molar-refractivity contribution is 5.91. The molecule has 0 fully saturated rings. The Bertz CT molecular complexity index is 1520. The number of rotatable bonds is 7. The lowest BCUT2D eigenvalue weighted by atomic mass is 9.78. The molecule has 4 rings (SSSR count). The van der Waals surface area contributed by atoms with Crippen molar-refractivity contribution in [2.45, 2.75) is 65.2 Å². The molecular weight excluding hydrogens is 528 g/mol. The molecule has 0 saturated heterocycles. The van der Waals surface area contributed by atoms with E-state index in [0.717, 1.165) is 27.8 Å². The molecule has 2 N–H and O–H groups in total. The van der Waals surface area contributed by atoms with Crippen LogP contribution in [0.25, 0.3) is 11.1 Å². The first-order chi connectivity index (χ1) is 19.7. The SMILES string of the molecule is CC(C)(C)c1cc(CCC(=O)Oc2ccc(-c3ccc(OC(=O)c4ccc(O)cc4)cc3)cc2)cc(C(C)(C)C)c1O. The van der Waals surface area contributed by atoms with Crippen molar-refractivity contribution >= 4 is 11.9 Å². The minimum Gasteiger partial charge on any atom is -0.508 e. The van der Waals surface area contributed by atoms with E-state index in [-0.39, 0.29) is 29.0 Å². The molecule has 6 heteroatoms. The first-order valence-corrected chi connectivity index (χ1v) is 14.0. The molecular formula is C36H38O6. The number of phenols is 2. The third-order valence-corrected chi connectivity index (χ3v) is 6.99. The molecule has 218 valence electrons. The Morgan fingerprint density at radius 3 is 1.55 bits per heavy atom. The Morgan fingerprint density at radius 2 is 1.10 bits per heavy atom. The van der Waals surface area contributed by atoms with Gasteiger partial charge in [0.05, 0.1) is 5.56 Å². The molecule has 0 aliphatic heterocycles. The average Bonchev–Trinajstić information content (AvgIpc) is 2.92. The average molecular weight is 567 g/mol. The standard InChI is InChI=1S/C36H38O6/c1-35(2,3)30-21-23(22-31(33(30)39)36(4,5)6)7-20-32(38)41-28-16-10-24(11-17-28)25-12-18-29(19-13-25)42-34(40)26-8-14-27(37)15-9-26/h8-19,21-22,37,39H,7,20H2,1-6H3. The smallest absolute Gasteiger partial charge is 0.343 e. The third kappa shape index (κ3) is 7.58. The molecule has 0 heterocycles. The minimum absolute atomic E-state index is 0.0789. The van der Waals surface area contributed by atoms with Crippen LogP contribution in [-0.4, -0.2) is 22.2 Å². The highest BCUT2D eigenvalue weighted by Gasteiger charge is 2.26. The molecule has 4 aromatic rings. The van der Waals surface area contributed by atoms with Gasteiger partial charge in [-0.3, -0.25) is 4.79 Å². The predicted octanol–water partition coefficient (Wildman–Crippen LogP) is 8.12. The molecule has 0 bridgehead atoms. The van der Waals surface area contributed by atoms with Crippen LogP contribution in [-0.2, 0) is 22.0 Å². The number of aryl methyl sites for hydroxylation is 1. The second-order valence-corrected chi connectivity index (χ2v) is 12.5. The molecule has 0 aromatic heterocycles. The molecule has 4 aromatic carbocycles. The van der Waals surface area contributed by atoms with Gasteiger partial charge in [0.1, 0.15) is 23.0 Å². The lowest BCUT2D eigenvalue weighted by Gasteiger charge is -2.28. The van der Waals surface area contributed by atoms with E-state index in [1.807, 2.05) is 36.4 Å². The summed E-state index contributed by atoms with van der Waals surface area (Å²) in [6.07, 6.45) is 0.719. The number of carbonyl (C=O) groups is 2. The van der Waals surface area contributed by atoms with Gasteiger partial charge in [0.25, 0.3) is 0 Å². The van der Waals surface area contributed by atoms with Crippen molar-refractivity contribution < 1.29 is 29.3 Å². The summed E-state index contributed by atoms with van der Waals surface area (Å²) in [6.45, 7) is 12.4. The van der Waals surface area contributed by atoms with Gasteiger partial charge in [-0.15, -0.1) is 0 Å². The fraction of sp³-hybridized carbons (Fsp3) is 0.278. The van der Waals surface area contributed by atoms with E-state index in [0.29, 0.717) is 29.2 Å². The van der Waals surface area contributed by atoms with Crippen molar-refractivity contribution in [2.75, 3.05) is 0 Å². The summed E-state index contributed by atoms with van der Waals surface area (Å²) >= 11 is 0. The number of phenolic OH excluding ortho intramolecular Hbond substituents is 2. The normalized spacial score (nSPS) is 11.7. The van der Waals surface area contributed by atoms with Gasteiger partial charge in [0.15, 0.2) is 0 Å². The van der Waals surface area contributed by atoms with Gasteiger partial charge < -0.3 is 19.7 Å². The van der Waals surface area contributed by atoms with Crippen LogP contribution in [0.15, 0.2) is 84.9 Å². The maximum absolute atomic E-state index is 12.7. The molecule has 0 aliphatic rings. The molecule has 0 saturated carbocycles. The van der Waals surface area contributed by atoms with Gasteiger partial charge in [0.2, 0.25) is 0 Å². The number of hydrogen-bond acceptors (Lipinski definition) is 6. The van der Waals surface area contributed by atoms with Crippen LogP contribution >= 0.6 is 0 Å². The van der Waals surface area contributed by atoms with Crippen molar-refractivity contribution in [1.82, 2.24) is 0 Å². The zero-order valence-corrected chi connectivity index (χ0v) is 25.0. The number of aromatic hydroxyl groups is 2.